The molecular formula is C12H26N2. The van der Waals surface area contributed by atoms with Crippen LogP contribution < -0.4 is 5.32 Å². The summed E-state index contributed by atoms with van der Waals surface area (Å²) in [5, 5.41) is 3.19. The summed E-state index contributed by atoms with van der Waals surface area (Å²) in [5.74, 6) is 1.03. The lowest BCUT2D eigenvalue weighted by atomic mass is 9.85. The number of hydrogen-bond donors (Lipinski definition) is 1. The molecule has 1 aliphatic carbocycles. The van der Waals surface area contributed by atoms with E-state index in [2.05, 4.69) is 17.3 Å². The summed E-state index contributed by atoms with van der Waals surface area (Å²) in [7, 11) is 4.30. The number of hydrogen-bond acceptors (Lipinski definition) is 2. The van der Waals surface area contributed by atoms with Crippen LogP contribution in [0.3, 0.4) is 0 Å². The molecule has 0 unspecified atom stereocenters. The molecule has 1 aliphatic rings. The first-order valence-corrected chi connectivity index (χ1v) is 6.16. The summed E-state index contributed by atoms with van der Waals surface area (Å²) in [5.41, 5.74) is 0. The maximum Gasteiger partial charge on any atom is 0.000661 e. The molecule has 0 aliphatic heterocycles. The lowest BCUT2D eigenvalue weighted by Crippen LogP contribution is -2.30. The highest BCUT2D eigenvalue weighted by Crippen LogP contribution is 2.26. The highest BCUT2D eigenvalue weighted by atomic mass is 15.1. The van der Waals surface area contributed by atoms with Gasteiger partial charge in [-0.2, -0.15) is 0 Å². The quantitative estimate of drug-likeness (QED) is 0.601. The van der Waals surface area contributed by atoms with Gasteiger partial charge in [0.2, 0.25) is 0 Å². The van der Waals surface area contributed by atoms with Crippen molar-refractivity contribution in [3.8, 4) is 0 Å². The fourth-order valence-electron chi connectivity index (χ4n) is 2.07. The van der Waals surface area contributed by atoms with Gasteiger partial charge in [0.05, 0.1) is 0 Å². The predicted molar refractivity (Wildman–Crippen MR) is 62.6 cm³/mol. The first kappa shape index (κ1) is 12.0. The maximum absolute atomic E-state index is 3.19. The summed E-state index contributed by atoms with van der Waals surface area (Å²) in [4.78, 5) is 2.52. The fraction of sp³-hybridized carbons (Fsp3) is 1.00. The smallest absolute Gasteiger partial charge is 0.000661 e. The molecule has 0 aromatic carbocycles. The Morgan fingerprint density at radius 3 is 2.57 bits per heavy atom. The van der Waals surface area contributed by atoms with Crippen molar-refractivity contribution >= 4 is 0 Å². The molecule has 0 spiro atoms. The second kappa shape index (κ2) is 7.24. The van der Waals surface area contributed by atoms with Gasteiger partial charge in [-0.25, -0.2) is 0 Å². The topological polar surface area (TPSA) is 15.3 Å². The lowest BCUT2D eigenvalue weighted by molar-refractivity contribution is 0.203. The molecule has 0 saturated heterocycles. The Morgan fingerprint density at radius 2 is 2.00 bits per heavy atom. The van der Waals surface area contributed by atoms with Crippen LogP contribution in [0.15, 0.2) is 0 Å². The predicted octanol–water partition coefficient (Wildman–Crippen LogP) is 2.11. The number of nitrogens with one attached hydrogen (secondary N) is 1. The van der Waals surface area contributed by atoms with E-state index < -0.39 is 0 Å². The third-order valence-corrected chi connectivity index (χ3v) is 3.26. The van der Waals surface area contributed by atoms with E-state index in [9.17, 15) is 0 Å². The fourth-order valence-corrected chi connectivity index (χ4v) is 2.07. The van der Waals surface area contributed by atoms with Gasteiger partial charge in [-0.3, -0.25) is 0 Å². The highest BCUT2D eigenvalue weighted by Gasteiger charge is 2.18. The van der Waals surface area contributed by atoms with Crippen LogP contribution in [0.1, 0.15) is 38.5 Å². The number of unbranched alkanes of at least 4 members (excludes halogenated alkanes) is 2. The molecule has 1 fully saturated rings. The van der Waals surface area contributed by atoms with Crippen molar-refractivity contribution in [2.45, 2.75) is 38.5 Å². The lowest BCUT2D eigenvalue weighted by Gasteiger charge is -2.30. The normalized spacial score (nSPS) is 17.4. The molecule has 1 rings (SSSR count). The van der Waals surface area contributed by atoms with Crippen LogP contribution in [0.4, 0.5) is 0 Å². The van der Waals surface area contributed by atoms with Crippen molar-refractivity contribution in [3.63, 3.8) is 0 Å². The first-order valence-electron chi connectivity index (χ1n) is 6.16. The van der Waals surface area contributed by atoms with E-state index in [0.29, 0.717) is 0 Å². The SMILES string of the molecule is CNCCCCCN(C)CC1CCC1. The molecule has 84 valence electrons. The van der Waals surface area contributed by atoms with Crippen molar-refractivity contribution in [3.05, 3.63) is 0 Å². The molecular weight excluding hydrogens is 172 g/mol. The van der Waals surface area contributed by atoms with E-state index in [1.807, 2.05) is 7.05 Å². The molecule has 2 nitrogen and oxygen atoms in total. The van der Waals surface area contributed by atoms with E-state index in [1.54, 1.807) is 0 Å². The molecule has 0 heterocycles. The van der Waals surface area contributed by atoms with Crippen molar-refractivity contribution in [2.24, 2.45) is 5.92 Å². The average Bonchev–Trinajstić information content (AvgIpc) is 2.11. The van der Waals surface area contributed by atoms with Crippen molar-refractivity contribution in [1.29, 1.82) is 0 Å². The molecule has 0 aromatic heterocycles. The molecule has 0 radical (unpaired) electrons. The Morgan fingerprint density at radius 1 is 1.21 bits per heavy atom. The number of nitrogens with zero attached hydrogens (tertiary/aromatic N) is 1. The van der Waals surface area contributed by atoms with Crippen LogP contribution in [0.2, 0.25) is 0 Å². The Kier molecular flexibility index (Phi) is 6.20. The minimum absolute atomic E-state index is 1.03. The van der Waals surface area contributed by atoms with Gasteiger partial charge in [0.25, 0.3) is 0 Å². The second-order valence-electron chi connectivity index (χ2n) is 4.72. The van der Waals surface area contributed by atoms with E-state index in [-0.39, 0.29) is 0 Å². The zero-order valence-corrected chi connectivity index (χ0v) is 9.89. The summed E-state index contributed by atoms with van der Waals surface area (Å²) in [6.45, 7) is 3.80. The Labute approximate surface area is 89.1 Å². The largest absolute Gasteiger partial charge is 0.320 e. The minimum atomic E-state index is 1.03. The molecule has 0 amide bonds. The van der Waals surface area contributed by atoms with Gasteiger partial charge in [0.1, 0.15) is 0 Å². The summed E-state index contributed by atoms with van der Waals surface area (Å²) < 4.78 is 0. The molecule has 0 bridgehead atoms. The molecule has 1 N–H and O–H groups in total. The summed E-state index contributed by atoms with van der Waals surface area (Å²) >= 11 is 0. The van der Waals surface area contributed by atoms with E-state index in [1.165, 1.54) is 58.2 Å². The third-order valence-electron chi connectivity index (χ3n) is 3.26. The van der Waals surface area contributed by atoms with Gasteiger partial charge in [-0.1, -0.05) is 12.8 Å². The van der Waals surface area contributed by atoms with Crippen LogP contribution in [0.25, 0.3) is 0 Å². The van der Waals surface area contributed by atoms with Gasteiger partial charge in [0.15, 0.2) is 0 Å². The monoisotopic (exact) mass is 198 g/mol. The Balaban J connectivity index is 1.84. The van der Waals surface area contributed by atoms with E-state index in [4.69, 9.17) is 0 Å². The van der Waals surface area contributed by atoms with Crippen LogP contribution in [0.5, 0.6) is 0 Å². The van der Waals surface area contributed by atoms with Gasteiger partial charge in [0, 0.05) is 6.54 Å². The second-order valence-corrected chi connectivity index (χ2v) is 4.72. The standard InChI is InChI=1S/C12H26N2/c1-13-9-4-3-5-10-14(2)11-12-7-6-8-12/h12-13H,3-11H2,1-2H3. The summed E-state index contributed by atoms with van der Waals surface area (Å²) in [6, 6.07) is 0. The first-order chi connectivity index (χ1) is 6.83. The zero-order chi connectivity index (χ0) is 10.2. The molecule has 0 aromatic rings. The van der Waals surface area contributed by atoms with Crippen molar-refractivity contribution in [2.75, 3.05) is 33.7 Å². The maximum atomic E-state index is 3.19. The van der Waals surface area contributed by atoms with Gasteiger partial charge < -0.3 is 10.2 Å². The van der Waals surface area contributed by atoms with Gasteiger partial charge >= 0.3 is 0 Å². The highest BCUT2D eigenvalue weighted by molar-refractivity contribution is 4.72. The van der Waals surface area contributed by atoms with Gasteiger partial charge in [-0.05, 0) is 58.8 Å². The minimum Gasteiger partial charge on any atom is -0.320 e. The van der Waals surface area contributed by atoms with Crippen LogP contribution in [-0.4, -0.2) is 38.6 Å². The van der Waals surface area contributed by atoms with E-state index in [0.717, 1.165) is 5.92 Å². The van der Waals surface area contributed by atoms with E-state index >= 15 is 0 Å². The van der Waals surface area contributed by atoms with Crippen LogP contribution in [0, 0.1) is 5.92 Å². The summed E-state index contributed by atoms with van der Waals surface area (Å²) in [6.07, 6.45) is 8.49. The third kappa shape index (κ3) is 4.97. The Bertz CT molecular complexity index is 132. The Hall–Kier alpha value is -0.0800. The molecule has 1 saturated carbocycles. The average molecular weight is 198 g/mol. The van der Waals surface area contributed by atoms with Crippen molar-refractivity contribution in [1.82, 2.24) is 10.2 Å². The molecule has 0 atom stereocenters. The van der Waals surface area contributed by atoms with Gasteiger partial charge in [-0.15, -0.1) is 0 Å². The van der Waals surface area contributed by atoms with Crippen molar-refractivity contribution < 1.29 is 0 Å². The van der Waals surface area contributed by atoms with Crippen LogP contribution in [-0.2, 0) is 0 Å². The zero-order valence-electron chi connectivity index (χ0n) is 9.89. The molecule has 14 heavy (non-hydrogen) atoms. The van der Waals surface area contributed by atoms with Crippen LogP contribution >= 0.6 is 0 Å². The number of rotatable bonds is 8. The molecule has 2 heteroatoms.